The minimum atomic E-state index is -3.01. The van der Waals surface area contributed by atoms with Gasteiger partial charge in [-0.1, -0.05) is 0 Å². The van der Waals surface area contributed by atoms with Crippen LogP contribution in [0.25, 0.3) is 0 Å². The molecule has 0 bridgehead atoms. The minimum absolute atomic E-state index is 0.856. The molecule has 0 aliphatic heterocycles. The Morgan fingerprint density at radius 3 is 2.30 bits per heavy atom. The van der Waals surface area contributed by atoms with Gasteiger partial charge in [0.25, 0.3) is 0 Å². The van der Waals surface area contributed by atoms with Crippen molar-refractivity contribution in [1.82, 2.24) is 0 Å². The molecule has 0 aliphatic carbocycles. The van der Waals surface area contributed by atoms with Crippen LogP contribution in [0.15, 0.2) is 0 Å². The summed E-state index contributed by atoms with van der Waals surface area (Å²) < 4.78 is 0. The molecule has 7 nitrogen and oxygen atoms in total. The average molecular weight is 145 g/mol. The number of nitrogens with zero attached hydrogens (tertiary/aromatic N) is 2. The molecule has 0 aromatic rings. The van der Waals surface area contributed by atoms with Crippen LogP contribution in [-0.2, 0) is 4.79 Å². The number of nitriles is 1. The van der Waals surface area contributed by atoms with Crippen molar-refractivity contribution in [2.75, 3.05) is 0 Å². The smallest absolute Gasteiger partial charge is 0.454 e. The molecule has 0 aliphatic rings. The summed E-state index contributed by atoms with van der Waals surface area (Å²) in [4.78, 5) is 18.3. The maximum Gasteiger partial charge on any atom is 0.454 e. The first-order chi connectivity index (χ1) is 4.45. The second-order valence-electron chi connectivity index (χ2n) is 1.44. The first kappa shape index (κ1) is 8.32. The van der Waals surface area contributed by atoms with Crippen molar-refractivity contribution >= 4 is 5.97 Å². The van der Waals surface area contributed by atoms with E-state index < -0.39 is 16.6 Å². The van der Waals surface area contributed by atoms with Crippen LogP contribution in [0.4, 0.5) is 0 Å². The third-order valence-electron chi connectivity index (χ3n) is 0.784. The third-order valence-corrected chi connectivity index (χ3v) is 0.784. The fourth-order valence-corrected chi connectivity index (χ4v) is 0.167. The highest BCUT2D eigenvalue weighted by Crippen LogP contribution is 1.98. The summed E-state index contributed by atoms with van der Waals surface area (Å²) in [6.45, 7) is 0. The van der Waals surface area contributed by atoms with E-state index >= 15 is 0 Å². The lowest BCUT2D eigenvalue weighted by molar-refractivity contribution is -0.537. The SMILES string of the molecule is N#CC(N)(C(=O)O)[N+](=O)[O-]. The zero-order valence-corrected chi connectivity index (χ0v) is 4.64. The molecule has 0 spiro atoms. The van der Waals surface area contributed by atoms with E-state index in [4.69, 9.17) is 10.4 Å². The van der Waals surface area contributed by atoms with E-state index in [0.29, 0.717) is 0 Å². The second-order valence-corrected chi connectivity index (χ2v) is 1.44. The van der Waals surface area contributed by atoms with Crippen LogP contribution in [0, 0.1) is 21.4 Å². The molecule has 0 saturated carbocycles. The van der Waals surface area contributed by atoms with Gasteiger partial charge in [0.15, 0.2) is 6.07 Å². The molecular weight excluding hydrogens is 142 g/mol. The fraction of sp³-hybridized carbons (Fsp3) is 0.333. The Hall–Kier alpha value is -1.68. The van der Waals surface area contributed by atoms with Crippen LogP contribution in [0.3, 0.4) is 0 Å². The van der Waals surface area contributed by atoms with Crippen LogP contribution in [-0.4, -0.2) is 21.7 Å². The summed E-state index contributed by atoms with van der Waals surface area (Å²) in [5, 5.41) is 25.7. The van der Waals surface area contributed by atoms with Gasteiger partial charge in [0.2, 0.25) is 0 Å². The Labute approximate surface area is 54.8 Å². The number of aliphatic carboxylic acids is 1. The Bertz CT molecular complexity index is 202. The van der Waals surface area contributed by atoms with Gasteiger partial charge < -0.3 is 5.11 Å². The molecule has 1 unspecified atom stereocenters. The van der Waals surface area contributed by atoms with Crippen molar-refractivity contribution in [2.45, 2.75) is 5.66 Å². The zero-order valence-electron chi connectivity index (χ0n) is 4.64. The number of nitrogens with two attached hydrogens (primary N) is 1. The van der Waals surface area contributed by atoms with Gasteiger partial charge in [0.1, 0.15) is 0 Å². The fourth-order valence-electron chi connectivity index (χ4n) is 0.167. The van der Waals surface area contributed by atoms with Crippen molar-refractivity contribution in [3.8, 4) is 6.07 Å². The molecular formula is C3H3N3O4. The van der Waals surface area contributed by atoms with Crippen LogP contribution in [0.5, 0.6) is 0 Å². The molecule has 0 aromatic heterocycles. The van der Waals surface area contributed by atoms with Crippen LogP contribution in [0.2, 0.25) is 0 Å². The molecule has 0 heterocycles. The zero-order chi connectivity index (χ0) is 8.36. The van der Waals surface area contributed by atoms with Crippen molar-refractivity contribution in [3.63, 3.8) is 0 Å². The van der Waals surface area contributed by atoms with Crippen molar-refractivity contribution in [2.24, 2.45) is 5.73 Å². The molecule has 0 saturated heterocycles. The maximum atomic E-state index is 9.90. The Kier molecular flexibility index (Phi) is 1.90. The predicted molar refractivity (Wildman–Crippen MR) is 27.2 cm³/mol. The standard InChI is InChI=1S/C3H3N3O4/c4-1-3(5,2(7)8)6(9)10/h5H2,(H,7,8). The summed E-state index contributed by atoms with van der Waals surface area (Å²) in [6.07, 6.45) is 0. The van der Waals surface area contributed by atoms with E-state index in [9.17, 15) is 14.9 Å². The lowest BCUT2D eigenvalue weighted by Crippen LogP contribution is -2.53. The van der Waals surface area contributed by atoms with Gasteiger partial charge in [-0.15, -0.1) is 0 Å². The lowest BCUT2D eigenvalue weighted by atomic mass is 10.2. The van der Waals surface area contributed by atoms with Gasteiger partial charge in [-0.2, -0.15) is 5.26 Å². The average Bonchev–Trinajstić information content (AvgIpc) is 1.85. The largest absolute Gasteiger partial charge is 0.474 e. The second kappa shape index (κ2) is 2.28. The number of carbonyl (C=O) groups is 1. The number of carboxylic acid groups (broad SMARTS) is 1. The first-order valence-electron chi connectivity index (χ1n) is 2.03. The molecule has 10 heavy (non-hydrogen) atoms. The lowest BCUT2D eigenvalue weighted by Gasteiger charge is -2.04. The van der Waals surface area contributed by atoms with E-state index in [1.54, 1.807) is 0 Å². The number of hydrogen-bond donors (Lipinski definition) is 2. The summed E-state index contributed by atoms with van der Waals surface area (Å²) >= 11 is 0. The highest BCUT2D eigenvalue weighted by atomic mass is 16.6. The van der Waals surface area contributed by atoms with Gasteiger partial charge >= 0.3 is 11.6 Å². The molecule has 7 heteroatoms. The molecule has 0 amide bonds. The number of carboxylic acids is 1. The molecule has 1 atom stereocenters. The monoisotopic (exact) mass is 145 g/mol. The molecule has 54 valence electrons. The number of rotatable bonds is 2. The normalized spacial score (nSPS) is 14.8. The predicted octanol–water partition coefficient (Wildman–Crippen LogP) is -1.47. The van der Waals surface area contributed by atoms with Crippen molar-refractivity contribution < 1.29 is 14.8 Å². The van der Waals surface area contributed by atoms with Crippen LogP contribution >= 0.6 is 0 Å². The summed E-state index contributed by atoms with van der Waals surface area (Å²) in [5.41, 5.74) is 1.51. The summed E-state index contributed by atoms with van der Waals surface area (Å²) in [7, 11) is 0. The topological polar surface area (TPSA) is 130 Å². The maximum absolute atomic E-state index is 9.90. The van der Waals surface area contributed by atoms with Gasteiger partial charge in [-0.25, -0.2) is 10.5 Å². The molecule has 0 fully saturated rings. The summed E-state index contributed by atoms with van der Waals surface area (Å²) in [5.74, 6) is -1.97. The highest BCUT2D eigenvalue weighted by Gasteiger charge is 2.48. The Morgan fingerprint density at radius 2 is 2.30 bits per heavy atom. The minimum Gasteiger partial charge on any atom is -0.474 e. The molecule has 0 rings (SSSR count). The Morgan fingerprint density at radius 1 is 1.90 bits per heavy atom. The van der Waals surface area contributed by atoms with Crippen molar-refractivity contribution in [3.05, 3.63) is 10.1 Å². The molecule has 0 aromatic carbocycles. The molecule has 3 N–H and O–H groups in total. The van der Waals surface area contributed by atoms with E-state index in [1.807, 2.05) is 0 Å². The van der Waals surface area contributed by atoms with Crippen LogP contribution < -0.4 is 5.73 Å². The van der Waals surface area contributed by atoms with Gasteiger partial charge in [-0.3, -0.25) is 10.1 Å². The number of hydrogen-bond acceptors (Lipinski definition) is 5. The Balaban J connectivity index is 4.78. The van der Waals surface area contributed by atoms with Gasteiger partial charge in [-0.05, 0) is 0 Å². The van der Waals surface area contributed by atoms with E-state index in [2.05, 4.69) is 5.73 Å². The van der Waals surface area contributed by atoms with Gasteiger partial charge in [0, 0.05) is 0 Å². The molecule has 0 radical (unpaired) electrons. The van der Waals surface area contributed by atoms with E-state index in [1.165, 1.54) is 0 Å². The number of nitro groups is 1. The van der Waals surface area contributed by atoms with Crippen LogP contribution in [0.1, 0.15) is 0 Å². The van der Waals surface area contributed by atoms with Gasteiger partial charge in [0.05, 0.1) is 4.92 Å². The third kappa shape index (κ3) is 1.01. The van der Waals surface area contributed by atoms with E-state index in [0.717, 1.165) is 6.07 Å². The van der Waals surface area contributed by atoms with E-state index in [-0.39, 0.29) is 0 Å². The first-order valence-corrected chi connectivity index (χ1v) is 2.03. The van der Waals surface area contributed by atoms with Crippen molar-refractivity contribution in [1.29, 1.82) is 5.26 Å². The summed E-state index contributed by atoms with van der Waals surface area (Å²) in [6, 6.07) is 0.856. The quantitative estimate of drug-likeness (QED) is 0.277. The highest BCUT2D eigenvalue weighted by molar-refractivity contribution is 5.79.